The molecule has 0 spiro atoms. The number of aromatic nitrogens is 1. The standard InChI is InChI=1S/C27H33N3O3/c1-28-16-22(26(31)21-9-8-20(33-2)14-24(21)28)27(32)30-11-5-6-17-12-18-13-19(25(17)30)15-29-10-4-3-7-23(18)29/h8-9,12,14,16,18-19,23,25H,3-7,10-11,13,15H2,1-2H3/t18-,19-,23-,25-/m0/s1. The van der Waals surface area contributed by atoms with Crippen molar-refractivity contribution in [2.45, 2.75) is 50.6 Å². The smallest absolute Gasteiger partial charge is 0.259 e. The normalized spacial score (nSPS) is 29.3. The van der Waals surface area contributed by atoms with Gasteiger partial charge in [0.25, 0.3) is 5.91 Å². The van der Waals surface area contributed by atoms with Crippen LogP contribution in [-0.4, -0.2) is 59.1 Å². The van der Waals surface area contributed by atoms with E-state index in [-0.39, 0.29) is 22.9 Å². The van der Waals surface area contributed by atoms with Crippen LogP contribution >= 0.6 is 0 Å². The molecule has 4 aliphatic rings. The number of benzene rings is 1. The number of hydrogen-bond donors (Lipinski definition) is 0. The molecule has 1 aromatic carbocycles. The molecule has 4 atom stereocenters. The minimum atomic E-state index is -0.180. The van der Waals surface area contributed by atoms with Gasteiger partial charge in [-0.2, -0.15) is 0 Å². The van der Waals surface area contributed by atoms with Gasteiger partial charge < -0.3 is 14.2 Å². The molecule has 0 N–H and O–H groups in total. The molecule has 6 heteroatoms. The Balaban J connectivity index is 1.37. The van der Waals surface area contributed by atoms with Crippen LogP contribution in [0.15, 0.2) is 40.8 Å². The van der Waals surface area contributed by atoms with Crippen molar-refractivity contribution in [3.63, 3.8) is 0 Å². The number of piperidine rings is 3. The zero-order chi connectivity index (χ0) is 22.7. The fourth-order valence-corrected chi connectivity index (χ4v) is 7.10. The van der Waals surface area contributed by atoms with Gasteiger partial charge in [-0.25, -0.2) is 0 Å². The number of methoxy groups -OCH3 is 1. The van der Waals surface area contributed by atoms with Crippen LogP contribution in [0.2, 0.25) is 0 Å². The Hall–Kier alpha value is -2.60. The van der Waals surface area contributed by atoms with E-state index in [1.54, 1.807) is 25.4 Å². The Morgan fingerprint density at radius 3 is 2.88 bits per heavy atom. The van der Waals surface area contributed by atoms with Gasteiger partial charge >= 0.3 is 0 Å². The van der Waals surface area contributed by atoms with Crippen molar-refractivity contribution in [3.05, 3.63) is 51.8 Å². The monoisotopic (exact) mass is 447 g/mol. The molecule has 6 nitrogen and oxygen atoms in total. The maximum Gasteiger partial charge on any atom is 0.259 e. The summed E-state index contributed by atoms with van der Waals surface area (Å²) in [7, 11) is 3.51. The predicted octanol–water partition coefficient (Wildman–Crippen LogP) is 3.58. The first-order chi connectivity index (χ1) is 16.0. The van der Waals surface area contributed by atoms with Gasteiger partial charge in [-0.05, 0) is 62.6 Å². The van der Waals surface area contributed by atoms with E-state index in [1.807, 2.05) is 22.6 Å². The molecule has 1 aromatic heterocycles. The number of ether oxygens (including phenoxy) is 1. The van der Waals surface area contributed by atoms with Crippen LogP contribution in [0.4, 0.5) is 0 Å². The van der Waals surface area contributed by atoms with Crippen LogP contribution in [-0.2, 0) is 7.05 Å². The maximum absolute atomic E-state index is 13.9. The van der Waals surface area contributed by atoms with Crippen molar-refractivity contribution < 1.29 is 9.53 Å². The molecule has 2 bridgehead atoms. The molecule has 1 amide bonds. The third-order valence-corrected chi connectivity index (χ3v) is 8.55. The number of hydrogen-bond acceptors (Lipinski definition) is 4. The first-order valence-corrected chi connectivity index (χ1v) is 12.5. The average Bonchev–Trinajstić information content (AvgIpc) is 2.85. The summed E-state index contributed by atoms with van der Waals surface area (Å²) in [5.41, 5.74) is 2.33. The third-order valence-electron chi connectivity index (χ3n) is 8.55. The van der Waals surface area contributed by atoms with Crippen molar-refractivity contribution >= 4 is 16.8 Å². The lowest BCUT2D eigenvalue weighted by Gasteiger charge is -2.54. The second-order valence-corrected chi connectivity index (χ2v) is 10.4. The maximum atomic E-state index is 13.9. The van der Waals surface area contributed by atoms with E-state index in [0.717, 1.165) is 31.4 Å². The Morgan fingerprint density at radius 2 is 2.03 bits per heavy atom. The van der Waals surface area contributed by atoms with Gasteiger partial charge in [-0.3, -0.25) is 14.5 Å². The number of amides is 1. The number of nitrogens with zero attached hydrogens (tertiary/aromatic N) is 3. The molecule has 3 aliphatic heterocycles. The number of carbonyl (C=O) groups is 1. The highest BCUT2D eigenvalue weighted by Crippen LogP contribution is 2.45. The van der Waals surface area contributed by atoms with E-state index in [1.165, 1.54) is 37.8 Å². The molecule has 1 aliphatic carbocycles. The lowest BCUT2D eigenvalue weighted by atomic mass is 9.68. The van der Waals surface area contributed by atoms with E-state index in [2.05, 4.69) is 11.0 Å². The van der Waals surface area contributed by atoms with Gasteiger partial charge in [0.05, 0.1) is 18.7 Å². The van der Waals surface area contributed by atoms with E-state index in [0.29, 0.717) is 29.0 Å². The molecule has 0 unspecified atom stereocenters. The van der Waals surface area contributed by atoms with Gasteiger partial charge in [0.1, 0.15) is 11.3 Å². The SMILES string of the molecule is COc1ccc2c(=O)c(C(=O)N3CCCC4=C[C@H]5C[C@@H](CN6CCCC[C@@H]56)[C@H]43)cn(C)c2c1. The number of carbonyl (C=O) groups excluding carboxylic acids is 1. The molecule has 2 aromatic rings. The molecular formula is C27H33N3O3. The highest BCUT2D eigenvalue weighted by Gasteiger charge is 2.47. The van der Waals surface area contributed by atoms with Crippen LogP contribution < -0.4 is 10.2 Å². The van der Waals surface area contributed by atoms with E-state index < -0.39 is 0 Å². The molecule has 4 heterocycles. The summed E-state index contributed by atoms with van der Waals surface area (Å²) >= 11 is 0. The summed E-state index contributed by atoms with van der Waals surface area (Å²) in [6.45, 7) is 3.01. The summed E-state index contributed by atoms with van der Waals surface area (Å²) in [5, 5.41) is 0.564. The molecule has 6 rings (SSSR count). The summed E-state index contributed by atoms with van der Waals surface area (Å²) < 4.78 is 7.20. The van der Waals surface area contributed by atoms with Gasteiger partial charge in [0.15, 0.2) is 0 Å². The first-order valence-electron chi connectivity index (χ1n) is 12.5. The van der Waals surface area contributed by atoms with E-state index in [9.17, 15) is 9.59 Å². The first kappa shape index (κ1) is 21.0. The molecule has 3 fully saturated rings. The number of fused-ring (bicyclic) bond motifs is 7. The number of aryl methyl sites for hydroxylation is 1. The van der Waals surface area contributed by atoms with Crippen LogP contribution in [0.3, 0.4) is 0 Å². The Bertz CT molecular complexity index is 1200. The topological polar surface area (TPSA) is 54.8 Å². The minimum Gasteiger partial charge on any atom is -0.497 e. The minimum absolute atomic E-state index is 0.108. The molecule has 3 saturated heterocycles. The van der Waals surface area contributed by atoms with E-state index >= 15 is 0 Å². The van der Waals surface area contributed by atoms with Crippen LogP contribution in [0.25, 0.3) is 10.9 Å². The highest BCUT2D eigenvalue weighted by atomic mass is 16.5. The fraction of sp³-hybridized carbons (Fsp3) is 0.556. The van der Waals surface area contributed by atoms with Crippen LogP contribution in [0.5, 0.6) is 5.75 Å². The zero-order valence-electron chi connectivity index (χ0n) is 19.6. The van der Waals surface area contributed by atoms with Crippen molar-refractivity contribution in [2.75, 3.05) is 26.7 Å². The zero-order valence-corrected chi connectivity index (χ0v) is 19.6. The van der Waals surface area contributed by atoms with Crippen molar-refractivity contribution in [3.8, 4) is 5.75 Å². The van der Waals surface area contributed by atoms with Gasteiger partial charge in [-0.15, -0.1) is 0 Å². The number of rotatable bonds is 2. The van der Waals surface area contributed by atoms with Crippen molar-refractivity contribution in [2.24, 2.45) is 18.9 Å². The largest absolute Gasteiger partial charge is 0.497 e. The molecule has 0 radical (unpaired) electrons. The van der Waals surface area contributed by atoms with Crippen molar-refractivity contribution in [1.82, 2.24) is 14.4 Å². The summed E-state index contributed by atoms with van der Waals surface area (Å²) in [6.07, 6.45) is 11.4. The Labute approximate surface area is 194 Å². The summed E-state index contributed by atoms with van der Waals surface area (Å²) in [5.74, 6) is 1.70. The van der Waals surface area contributed by atoms with Crippen LogP contribution in [0, 0.1) is 11.8 Å². The molecule has 0 saturated carbocycles. The summed E-state index contributed by atoms with van der Waals surface area (Å²) in [6, 6.07) is 6.25. The lowest BCUT2D eigenvalue weighted by molar-refractivity contribution is 0.00142. The molecule has 174 valence electrons. The lowest BCUT2D eigenvalue weighted by Crippen LogP contribution is -2.60. The third kappa shape index (κ3) is 3.33. The quantitative estimate of drug-likeness (QED) is 0.661. The van der Waals surface area contributed by atoms with Gasteiger partial charge in [-0.1, -0.05) is 18.1 Å². The van der Waals surface area contributed by atoms with E-state index in [4.69, 9.17) is 4.74 Å². The Kier molecular flexibility index (Phi) is 5.09. The van der Waals surface area contributed by atoms with Crippen LogP contribution in [0.1, 0.15) is 48.9 Å². The molecule has 33 heavy (non-hydrogen) atoms. The number of likely N-dealkylation sites (tertiary alicyclic amines) is 1. The Morgan fingerprint density at radius 1 is 1.15 bits per heavy atom. The predicted molar refractivity (Wildman–Crippen MR) is 129 cm³/mol. The average molecular weight is 448 g/mol. The highest BCUT2D eigenvalue weighted by molar-refractivity contribution is 5.98. The molecular weight excluding hydrogens is 414 g/mol. The second-order valence-electron chi connectivity index (χ2n) is 10.4. The second kappa shape index (κ2) is 8.01. The fourth-order valence-electron chi connectivity index (χ4n) is 7.10. The number of pyridine rings is 1. The summed E-state index contributed by atoms with van der Waals surface area (Å²) in [4.78, 5) is 32.0. The van der Waals surface area contributed by atoms with Crippen molar-refractivity contribution in [1.29, 1.82) is 0 Å². The van der Waals surface area contributed by atoms with Gasteiger partial charge in [0, 0.05) is 43.8 Å². The van der Waals surface area contributed by atoms with Gasteiger partial charge in [0.2, 0.25) is 5.43 Å².